The van der Waals surface area contributed by atoms with Gasteiger partial charge in [-0.3, -0.25) is 4.79 Å². The maximum Gasteiger partial charge on any atom is 0.244 e. The summed E-state index contributed by atoms with van der Waals surface area (Å²) in [5, 5.41) is 3.36. The fourth-order valence-electron chi connectivity index (χ4n) is 2.43. The normalized spacial score (nSPS) is 13.9. The standard InChI is InChI=1S/C15H14ClN3O/c1-9-6-11(17)10(16)7-14(9)19-8-15(20)18-12-4-2-3-5-13(12)19/h2-7H,8,17H2,1H3,(H,18,20). The minimum atomic E-state index is -0.0453. The molecule has 3 N–H and O–H groups in total. The third kappa shape index (κ3) is 2.08. The van der Waals surface area contributed by atoms with Crippen LogP contribution in [-0.4, -0.2) is 12.5 Å². The molecule has 1 heterocycles. The number of hydrogen-bond donors (Lipinski definition) is 2. The minimum absolute atomic E-state index is 0.0453. The van der Waals surface area contributed by atoms with E-state index in [9.17, 15) is 4.79 Å². The highest BCUT2D eigenvalue weighted by atomic mass is 35.5. The number of carbonyl (C=O) groups is 1. The van der Waals surface area contributed by atoms with Crippen molar-refractivity contribution in [3.63, 3.8) is 0 Å². The number of hydrogen-bond acceptors (Lipinski definition) is 3. The third-order valence-electron chi connectivity index (χ3n) is 3.38. The second-order valence-corrected chi connectivity index (χ2v) is 5.22. The van der Waals surface area contributed by atoms with Crippen LogP contribution in [0.15, 0.2) is 36.4 Å². The van der Waals surface area contributed by atoms with Crippen LogP contribution < -0.4 is 16.0 Å². The van der Waals surface area contributed by atoms with Crippen molar-refractivity contribution in [1.82, 2.24) is 0 Å². The summed E-state index contributed by atoms with van der Waals surface area (Å²) in [6.45, 7) is 2.22. The molecule has 0 radical (unpaired) electrons. The number of nitrogen functional groups attached to an aromatic ring is 1. The first-order chi connectivity index (χ1) is 9.56. The molecular weight excluding hydrogens is 274 g/mol. The van der Waals surface area contributed by atoms with Crippen LogP contribution in [0.2, 0.25) is 5.02 Å². The monoisotopic (exact) mass is 287 g/mol. The molecule has 20 heavy (non-hydrogen) atoms. The van der Waals surface area contributed by atoms with Gasteiger partial charge in [-0.25, -0.2) is 0 Å². The lowest BCUT2D eigenvalue weighted by atomic mass is 10.1. The topological polar surface area (TPSA) is 58.4 Å². The minimum Gasteiger partial charge on any atom is -0.398 e. The van der Waals surface area contributed by atoms with Gasteiger partial charge in [-0.2, -0.15) is 0 Å². The number of nitrogens with two attached hydrogens (primary N) is 1. The summed E-state index contributed by atoms with van der Waals surface area (Å²) >= 11 is 6.12. The Morgan fingerprint density at radius 2 is 2.00 bits per heavy atom. The Kier molecular flexibility index (Phi) is 3.03. The Hall–Kier alpha value is -2.20. The van der Waals surface area contributed by atoms with E-state index < -0.39 is 0 Å². The number of rotatable bonds is 1. The highest BCUT2D eigenvalue weighted by Crippen LogP contribution is 2.38. The van der Waals surface area contributed by atoms with E-state index in [0.717, 1.165) is 22.6 Å². The van der Waals surface area contributed by atoms with Gasteiger partial charge in [0, 0.05) is 5.69 Å². The quantitative estimate of drug-likeness (QED) is 0.791. The van der Waals surface area contributed by atoms with E-state index in [2.05, 4.69) is 5.32 Å². The number of carbonyl (C=O) groups excluding carboxylic acids is 1. The van der Waals surface area contributed by atoms with E-state index in [1.165, 1.54) is 0 Å². The molecule has 1 amide bonds. The van der Waals surface area contributed by atoms with Crippen LogP contribution in [0.25, 0.3) is 0 Å². The van der Waals surface area contributed by atoms with Gasteiger partial charge >= 0.3 is 0 Å². The van der Waals surface area contributed by atoms with Crippen LogP contribution in [0, 0.1) is 6.92 Å². The molecule has 0 atom stereocenters. The summed E-state index contributed by atoms with van der Waals surface area (Å²) in [7, 11) is 0. The van der Waals surface area contributed by atoms with E-state index in [0.29, 0.717) is 10.7 Å². The molecule has 1 aliphatic heterocycles. The summed E-state index contributed by atoms with van der Waals surface area (Å²) in [6.07, 6.45) is 0. The van der Waals surface area contributed by atoms with Gasteiger partial charge in [0.2, 0.25) is 5.91 Å². The van der Waals surface area contributed by atoms with E-state index >= 15 is 0 Å². The Bertz CT molecular complexity index is 700. The predicted molar refractivity (Wildman–Crippen MR) is 82.7 cm³/mol. The zero-order valence-corrected chi connectivity index (χ0v) is 11.7. The van der Waals surface area contributed by atoms with Gasteiger partial charge in [0.15, 0.2) is 0 Å². The van der Waals surface area contributed by atoms with Crippen LogP contribution in [0.3, 0.4) is 0 Å². The summed E-state index contributed by atoms with van der Waals surface area (Å²) in [4.78, 5) is 13.8. The van der Waals surface area contributed by atoms with Crippen molar-refractivity contribution in [2.45, 2.75) is 6.92 Å². The number of nitrogens with one attached hydrogen (secondary N) is 1. The summed E-state index contributed by atoms with van der Waals surface area (Å²) in [6, 6.07) is 11.3. The molecule has 4 nitrogen and oxygen atoms in total. The third-order valence-corrected chi connectivity index (χ3v) is 3.70. The molecule has 0 spiro atoms. The highest BCUT2D eigenvalue weighted by molar-refractivity contribution is 6.33. The van der Waals surface area contributed by atoms with Gasteiger partial charge in [0.1, 0.15) is 6.54 Å². The first kappa shape index (κ1) is 12.8. The highest BCUT2D eigenvalue weighted by Gasteiger charge is 2.24. The molecule has 0 aromatic heterocycles. The molecule has 0 fully saturated rings. The van der Waals surface area contributed by atoms with Gasteiger partial charge < -0.3 is 16.0 Å². The van der Waals surface area contributed by atoms with E-state index in [1.54, 1.807) is 0 Å². The summed E-state index contributed by atoms with van der Waals surface area (Å²) in [5.41, 5.74) is 9.99. The van der Waals surface area contributed by atoms with Gasteiger partial charge in [-0.1, -0.05) is 23.7 Å². The number of halogens is 1. The molecule has 0 saturated heterocycles. The lowest BCUT2D eigenvalue weighted by Crippen LogP contribution is -2.35. The predicted octanol–water partition coefficient (Wildman–Crippen LogP) is 3.32. The largest absolute Gasteiger partial charge is 0.398 e. The number of para-hydroxylation sites is 2. The SMILES string of the molecule is Cc1cc(N)c(Cl)cc1N1CC(=O)Nc2ccccc21. The van der Waals surface area contributed by atoms with E-state index in [4.69, 9.17) is 17.3 Å². The van der Waals surface area contributed by atoms with Crippen molar-refractivity contribution in [2.75, 3.05) is 22.5 Å². The molecule has 0 unspecified atom stereocenters. The molecule has 5 heteroatoms. The number of benzene rings is 2. The number of fused-ring (bicyclic) bond motifs is 1. The maximum absolute atomic E-state index is 11.9. The fraction of sp³-hybridized carbons (Fsp3) is 0.133. The number of aryl methyl sites for hydroxylation is 1. The van der Waals surface area contributed by atoms with E-state index in [1.807, 2.05) is 48.2 Å². The van der Waals surface area contributed by atoms with E-state index in [-0.39, 0.29) is 12.5 Å². The van der Waals surface area contributed by atoms with Crippen LogP contribution in [-0.2, 0) is 4.79 Å². The van der Waals surface area contributed by atoms with Gasteiger partial charge in [-0.05, 0) is 36.8 Å². The van der Waals surface area contributed by atoms with Crippen LogP contribution in [0.5, 0.6) is 0 Å². The molecule has 1 aliphatic rings. The smallest absolute Gasteiger partial charge is 0.244 e. The molecule has 102 valence electrons. The van der Waals surface area contributed by atoms with Crippen LogP contribution in [0.1, 0.15) is 5.56 Å². The fourth-order valence-corrected chi connectivity index (χ4v) is 2.59. The molecule has 0 saturated carbocycles. The molecule has 2 aromatic rings. The van der Waals surface area contributed by atoms with Crippen molar-refractivity contribution < 1.29 is 4.79 Å². The molecular formula is C15H14ClN3O. The second kappa shape index (κ2) is 4.72. The second-order valence-electron chi connectivity index (χ2n) is 4.81. The zero-order chi connectivity index (χ0) is 14.3. The Labute approximate surface area is 122 Å². The average molecular weight is 288 g/mol. The first-order valence-corrected chi connectivity index (χ1v) is 6.66. The number of amides is 1. The summed E-state index contributed by atoms with van der Waals surface area (Å²) < 4.78 is 0. The van der Waals surface area contributed by atoms with Gasteiger partial charge in [-0.15, -0.1) is 0 Å². The van der Waals surface area contributed by atoms with Crippen molar-refractivity contribution in [3.05, 3.63) is 47.0 Å². The zero-order valence-electron chi connectivity index (χ0n) is 11.0. The van der Waals surface area contributed by atoms with Crippen LogP contribution in [0.4, 0.5) is 22.7 Å². The van der Waals surface area contributed by atoms with Crippen molar-refractivity contribution in [1.29, 1.82) is 0 Å². The average Bonchev–Trinajstić information content (AvgIpc) is 2.42. The Morgan fingerprint density at radius 3 is 2.80 bits per heavy atom. The van der Waals surface area contributed by atoms with Crippen molar-refractivity contribution in [2.24, 2.45) is 0 Å². The lowest BCUT2D eigenvalue weighted by Gasteiger charge is -2.32. The molecule has 3 rings (SSSR count). The Morgan fingerprint density at radius 1 is 1.25 bits per heavy atom. The molecule has 0 aliphatic carbocycles. The van der Waals surface area contributed by atoms with Gasteiger partial charge in [0.05, 0.1) is 22.1 Å². The van der Waals surface area contributed by atoms with Crippen molar-refractivity contribution in [3.8, 4) is 0 Å². The number of anilines is 4. The number of nitrogens with zero attached hydrogens (tertiary/aromatic N) is 1. The maximum atomic E-state index is 11.9. The van der Waals surface area contributed by atoms with Gasteiger partial charge in [0.25, 0.3) is 0 Å². The molecule has 2 aromatic carbocycles. The van der Waals surface area contributed by atoms with Crippen LogP contribution >= 0.6 is 11.6 Å². The summed E-state index contributed by atoms with van der Waals surface area (Å²) in [5.74, 6) is -0.0453. The first-order valence-electron chi connectivity index (χ1n) is 6.28. The van der Waals surface area contributed by atoms with Crippen molar-refractivity contribution >= 4 is 40.3 Å². The molecule has 0 bridgehead atoms. The lowest BCUT2D eigenvalue weighted by molar-refractivity contribution is -0.115. The Balaban J connectivity index is 2.15.